The molecule has 1 aromatic heterocycles. The molecule has 2 N–H and O–H groups in total. The fraction of sp³-hybridized carbons (Fsp3) is 0.364. The molecule has 0 spiro atoms. The van der Waals surface area contributed by atoms with E-state index in [1.165, 1.54) is 27.7 Å². The molecule has 1 unspecified atom stereocenters. The van der Waals surface area contributed by atoms with Gasteiger partial charge < -0.3 is 19.8 Å². The Kier molecular flexibility index (Phi) is 4.85. The van der Waals surface area contributed by atoms with Crippen molar-refractivity contribution in [1.29, 1.82) is 0 Å². The molecule has 1 aliphatic rings. The minimum absolute atomic E-state index is 0.159. The third kappa shape index (κ3) is 3.17. The van der Waals surface area contributed by atoms with Crippen LogP contribution in [0.4, 0.5) is 0 Å². The normalized spacial score (nSPS) is 16.5. The summed E-state index contributed by atoms with van der Waals surface area (Å²) in [5, 5.41) is 4.92. The first-order valence-electron chi connectivity index (χ1n) is 9.44. The van der Waals surface area contributed by atoms with Gasteiger partial charge in [0.05, 0.1) is 19.8 Å². The largest absolute Gasteiger partial charge is 0.497 e. The van der Waals surface area contributed by atoms with Gasteiger partial charge in [-0.05, 0) is 54.3 Å². The Morgan fingerprint density at radius 1 is 1.12 bits per heavy atom. The Bertz CT molecular complexity index is 900. The topological polar surface area (TPSA) is 46.3 Å². The number of hydrogen-bond acceptors (Lipinski definition) is 3. The van der Waals surface area contributed by atoms with Crippen molar-refractivity contribution in [1.82, 2.24) is 10.3 Å². The molecular weight excluding hydrogens is 324 g/mol. The number of aromatic nitrogens is 1. The lowest BCUT2D eigenvalue weighted by Gasteiger charge is -2.25. The van der Waals surface area contributed by atoms with Crippen LogP contribution < -0.4 is 14.8 Å². The molecule has 0 aliphatic carbocycles. The van der Waals surface area contributed by atoms with Gasteiger partial charge in [-0.2, -0.15) is 0 Å². The molecule has 4 rings (SSSR count). The van der Waals surface area contributed by atoms with Crippen molar-refractivity contribution in [3.05, 3.63) is 59.3 Å². The van der Waals surface area contributed by atoms with Gasteiger partial charge in [-0.15, -0.1) is 0 Å². The molecule has 136 valence electrons. The molecule has 3 aromatic rings. The number of H-pyrrole nitrogens is 1. The first kappa shape index (κ1) is 17.0. The average molecular weight is 350 g/mol. The summed E-state index contributed by atoms with van der Waals surface area (Å²) >= 11 is 0. The summed E-state index contributed by atoms with van der Waals surface area (Å²) in [6, 6.07) is 14.9. The molecule has 2 aromatic carbocycles. The highest BCUT2D eigenvalue weighted by molar-refractivity contribution is 5.86. The van der Waals surface area contributed by atoms with Crippen LogP contribution in [0.15, 0.2) is 42.5 Å². The van der Waals surface area contributed by atoms with E-state index in [4.69, 9.17) is 9.47 Å². The van der Waals surface area contributed by atoms with Crippen LogP contribution in [0.5, 0.6) is 11.5 Å². The maximum atomic E-state index is 5.90. The molecule has 0 fully saturated rings. The third-order valence-corrected chi connectivity index (χ3v) is 5.12. The Labute approximate surface area is 154 Å². The summed E-state index contributed by atoms with van der Waals surface area (Å²) in [6.45, 7) is 3.91. The zero-order valence-electron chi connectivity index (χ0n) is 15.5. The number of nitrogens with one attached hydrogen (secondary N) is 2. The Balaban J connectivity index is 1.68. The molecule has 0 saturated heterocycles. The lowest BCUT2D eigenvalue weighted by atomic mass is 9.94. The van der Waals surface area contributed by atoms with Crippen molar-refractivity contribution in [2.45, 2.75) is 32.2 Å². The van der Waals surface area contributed by atoms with Crippen LogP contribution in [0.3, 0.4) is 0 Å². The standard InChI is InChI=1S/C22H26N2O2/c1-3-4-12-26-17-7-5-6-15(13-17)21-22-18(10-11-23-21)19-14-16(25-2)8-9-20(19)24-22/h5-9,13-14,21,23-24H,3-4,10-12H2,1-2H3. The quantitative estimate of drug-likeness (QED) is 0.639. The second-order valence-corrected chi connectivity index (χ2v) is 6.84. The smallest absolute Gasteiger partial charge is 0.119 e. The van der Waals surface area contributed by atoms with Crippen molar-refractivity contribution in [2.24, 2.45) is 0 Å². The second-order valence-electron chi connectivity index (χ2n) is 6.84. The summed E-state index contributed by atoms with van der Waals surface area (Å²) in [7, 11) is 1.72. The van der Waals surface area contributed by atoms with Crippen LogP contribution in [0.1, 0.15) is 42.6 Å². The number of benzene rings is 2. The van der Waals surface area contributed by atoms with Gasteiger partial charge in [-0.1, -0.05) is 25.5 Å². The van der Waals surface area contributed by atoms with Gasteiger partial charge >= 0.3 is 0 Å². The van der Waals surface area contributed by atoms with Gasteiger partial charge in [-0.25, -0.2) is 0 Å². The Morgan fingerprint density at radius 2 is 2.04 bits per heavy atom. The number of hydrogen-bond donors (Lipinski definition) is 2. The van der Waals surface area contributed by atoms with Crippen molar-refractivity contribution < 1.29 is 9.47 Å². The third-order valence-electron chi connectivity index (χ3n) is 5.12. The molecule has 0 amide bonds. The first-order chi connectivity index (χ1) is 12.8. The molecule has 4 heteroatoms. The summed E-state index contributed by atoms with van der Waals surface area (Å²) in [4.78, 5) is 3.63. The minimum atomic E-state index is 0.159. The average Bonchev–Trinajstić information content (AvgIpc) is 3.06. The summed E-state index contributed by atoms with van der Waals surface area (Å²) in [5.41, 5.74) is 5.04. The van der Waals surface area contributed by atoms with E-state index >= 15 is 0 Å². The van der Waals surface area contributed by atoms with Crippen LogP contribution in [0.25, 0.3) is 10.9 Å². The number of rotatable bonds is 6. The number of ether oxygens (including phenoxy) is 2. The fourth-order valence-corrected chi connectivity index (χ4v) is 3.74. The van der Waals surface area contributed by atoms with Crippen LogP contribution >= 0.6 is 0 Å². The molecular formula is C22H26N2O2. The van der Waals surface area contributed by atoms with Crippen molar-refractivity contribution in [3.63, 3.8) is 0 Å². The molecule has 4 nitrogen and oxygen atoms in total. The van der Waals surface area contributed by atoms with Gasteiger partial charge in [-0.3, -0.25) is 0 Å². The van der Waals surface area contributed by atoms with Crippen molar-refractivity contribution in [3.8, 4) is 11.5 Å². The fourth-order valence-electron chi connectivity index (χ4n) is 3.74. The number of unbranched alkanes of at least 4 members (excludes halogenated alkanes) is 1. The van der Waals surface area contributed by atoms with E-state index in [1.807, 2.05) is 12.1 Å². The number of fused-ring (bicyclic) bond motifs is 3. The predicted molar refractivity (Wildman–Crippen MR) is 105 cm³/mol. The van der Waals surface area contributed by atoms with Crippen LogP contribution in [-0.4, -0.2) is 25.2 Å². The Hall–Kier alpha value is -2.46. The maximum Gasteiger partial charge on any atom is 0.119 e. The maximum absolute atomic E-state index is 5.90. The summed E-state index contributed by atoms with van der Waals surface area (Å²) in [6.07, 6.45) is 3.25. The predicted octanol–water partition coefficient (Wildman–Crippen LogP) is 4.59. The monoisotopic (exact) mass is 350 g/mol. The van der Waals surface area contributed by atoms with Gasteiger partial charge in [0.1, 0.15) is 11.5 Å². The van der Waals surface area contributed by atoms with E-state index in [1.54, 1.807) is 7.11 Å². The van der Waals surface area contributed by atoms with Crippen LogP contribution in [0, 0.1) is 0 Å². The highest BCUT2D eigenvalue weighted by Gasteiger charge is 2.25. The molecule has 0 bridgehead atoms. The molecule has 1 atom stereocenters. The SMILES string of the molecule is CCCCOc1cccc(C2NCCc3c2[nH]c2ccc(OC)cc32)c1. The van der Waals surface area contributed by atoms with Gasteiger partial charge in [0.25, 0.3) is 0 Å². The zero-order chi connectivity index (χ0) is 17.9. The van der Waals surface area contributed by atoms with Gasteiger partial charge in [0, 0.05) is 23.1 Å². The minimum Gasteiger partial charge on any atom is -0.497 e. The summed E-state index contributed by atoms with van der Waals surface area (Å²) in [5.74, 6) is 1.85. The molecule has 2 heterocycles. The number of methoxy groups -OCH3 is 1. The van der Waals surface area contributed by atoms with Crippen LogP contribution in [0.2, 0.25) is 0 Å². The van der Waals surface area contributed by atoms with E-state index in [0.29, 0.717) is 0 Å². The summed E-state index contributed by atoms with van der Waals surface area (Å²) < 4.78 is 11.3. The van der Waals surface area contributed by atoms with E-state index in [9.17, 15) is 0 Å². The highest BCUT2D eigenvalue weighted by Crippen LogP contribution is 2.35. The first-order valence-corrected chi connectivity index (χ1v) is 9.44. The van der Waals surface area contributed by atoms with E-state index in [-0.39, 0.29) is 6.04 Å². The highest BCUT2D eigenvalue weighted by atomic mass is 16.5. The van der Waals surface area contributed by atoms with Crippen molar-refractivity contribution in [2.75, 3.05) is 20.3 Å². The van der Waals surface area contributed by atoms with Gasteiger partial charge in [0.2, 0.25) is 0 Å². The lowest BCUT2D eigenvalue weighted by Crippen LogP contribution is -2.30. The van der Waals surface area contributed by atoms with Crippen molar-refractivity contribution >= 4 is 10.9 Å². The van der Waals surface area contributed by atoms with E-state index in [2.05, 4.69) is 47.6 Å². The molecule has 0 saturated carbocycles. The number of aromatic amines is 1. The van der Waals surface area contributed by atoms with E-state index in [0.717, 1.165) is 43.9 Å². The Morgan fingerprint density at radius 3 is 2.88 bits per heavy atom. The van der Waals surface area contributed by atoms with Crippen LogP contribution in [-0.2, 0) is 6.42 Å². The van der Waals surface area contributed by atoms with Gasteiger partial charge in [0.15, 0.2) is 0 Å². The molecule has 0 radical (unpaired) electrons. The van der Waals surface area contributed by atoms with E-state index < -0.39 is 0 Å². The second kappa shape index (κ2) is 7.42. The molecule has 26 heavy (non-hydrogen) atoms. The zero-order valence-corrected chi connectivity index (χ0v) is 15.5. The molecule has 1 aliphatic heterocycles. The lowest BCUT2D eigenvalue weighted by molar-refractivity contribution is 0.309.